The van der Waals surface area contributed by atoms with E-state index in [-0.39, 0.29) is 0 Å². The van der Waals surface area contributed by atoms with Crippen LogP contribution in [0.3, 0.4) is 0 Å². The SMILES string of the molecule is c1ccc2cc(OC[C@H]3CCCN3)ccc2c1. The third-order valence-electron chi connectivity index (χ3n) is 3.33. The number of benzene rings is 2. The topological polar surface area (TPSA) is 21.3 Å². The van der Waals surface area contributed by atoms with Gasteiger partial charge in [0.1, 0.15) is 12.4 Å². The summed E-state index contributed by atoms with van der Waals surface area (Å²) in [5.41, 5.74) is 0. The van der Waals surface area contributed by atoms with Crippen LogP contribution in [0.15, 0.2) is 42.5 Å². The Morgan fingerprint density at radius 3 is 2.82 bits per heavy atom. The predicted molar refractivity (Wildman–Crippen MR) is 70.5 cm³/mol. The van der Waals surface area contributed by atoms with Crippen LogP contribution in [-0.2, 0) is 0 Å². The second kappa shape index (κ2) is 4.76. The molecule has 3 rings (SSSR count). The fourth-order valence-corrected chi connectivity index (χ4v) is 2.35. The van der Waals surface area contributed by atoms with Crippen LogP contribution < -0.4 is 10.1 Å². The van der Waals surface area contributed by atoms with Crippen LogP contribution in [0, 0.1) is 0 Å². The molecule has 17 heavy (non-hydrogen) atoms. The second-order valence-corrected chi connectivity index (χ2v) is 4.61. The maximum atomic E-state index is 5.84. The van der Waals surface area contributed by atoms with Gasteiger partial charge in [0, 0.05) is 6.04 Å². The molecule has 0 aromatic heterocycles. The molecule has 1 aliphatic heterocycles. The third-order valence-corrected chi connectivity index (χ3v) is 3.33. The van der Waals surface area contributed by atoms with E-state index in [2.05, 4.69) is 47.8 Å². The van der Waals surface area contributed by atoms with E-state index in [0.29, 0.717) is 6.04 Å². The van der Waals surface area contributed by atoms with Gasteiger partial charge in [-0.25, -0.2) is 0 Å². The molecule has 0 bridgehead atoms. The summed E-state index contributed by atoms with van der Waals surface area (Å²) in [7, 11) is 0. The second-order valence-electron chi connectivity index (χ2n) is 4.61. The zero-order valence-electron chi connectivity index (χ0n) is 9.86. The Morgan fingerprint density at radius 1 is 1.12 bits per heavy atom. The minimum Gasteiger partial charge on any atom is -0.492 e. The Kier molecular flexibility index (Phi) is 2.97. The molecular weight excluding hydrogens is 210 g/mol. The molecule has 1 N–H and O–H groups in total. The molecule has 2 aromatic carbocycles. The van der Waals surface area contributed by atoms with E-state index in [9.17, 15) is 0 Å². The first-order chi connectivity index (χ1) is 8.42. The minimum atomic E-state index is 0.529. The smallest absolute Gasteiger partial charge is 0.120 e. The highest BCUT2D eigenvalue weighted by Gasteiger charge is 2.14. The molecule has 0 spiro atoms. The van der Waals surface area contributed by atoms with Crippen molar-refractivity contribution >= 4 is 10.8 Å². The summed E-state index contributed by atoms with van der Waals surface area (Å²) in [6.07, 6.45) is 2.50. The summed E-state index contributed by atoms with van der Waals surface area (Å²) in [6, 6.07) is 15.2. The van der Waals surface area contributed by atoms with E-state index in [1.807, 2.05) is 0 Å². The minimum absolute atomic E-state index is 0.529. The van der Waals surface area contributed by atoms with Gasteiger partial charge in [0.15, 0.2) is 0 Å². The maximum Gasteiger partial charge on any atom is 0.120 e. The Labute approximate surface area is 102 Å². The van der Waals surface area contributed by atoms with Crippen molar-refractivity contribution in [2.75, 3.05) is 13.2 Å². The van der Waals surface area contributed by atoms with Crippen LogP contribution in [-0.4, -0.2) is 19.2 Å². The van der Waals surface area contributed by atoms with Crippen molar-refractivity contribution in [1.82, 2.24) is 5.32 Å². The molecule has 1 heterocycles. The number of fused-ring (bicyclic) bond motifs is 1. The van der Waals surface area contributed by atoms with Crippen LogP contribution in [0.2, 0.25) is 0 Å². The van der Waals surface area contributed by atoms with E-state index in [1.54, 1.807) is 0 Å². The van der Waals surface area contributed by atoms with E-state index in [0.717, 1.165) is 18.9 Å². The van der Waals surface area contributed by atoms with Gasteiger partial charge in [-0.2, -0.15) is 0 Å². The lowest BCUT2D eigenvalue weighted by Gasteiger charge is -2.12. The molecule has 2 nitrogen and oxygen atoms in total. The molecule has 0 unspecified atom stereocenters. The number of ether oxygens (including phenoxy) is 1. The van der Waals surface area contributed by atoms with E-state index >= 15 is 0 Å². The van der Waals surface area contributed by atoms with Gasteiger partial charge in [0.2, 0.25) is 0 Å². The average Bonchev–Trinajstić information content (AvgIpc) is 2.89. The van der Waals surface area contributed by atoms with Crippen LogP contribution in [0.1, 0.15) is 12.8 Å². The highest BCUT2D eigenvalue weighted by atomic mass is 16.5. The molecule has 1 saturated heterocycles. The molecule has 1 aliphatic rings. The van der Waals surface area contributed by atoms with E-state index in [1.165, 1.54) is 23.6 Å². The average molecular weight is 227 g/mol. The van der Waals surface area contributed by atoms with Gasteiger partial charge >= 0.3 is 0 Å². The van der Waals surface area contributed by atoms with Gasteiger partial charge in [0.25, 0.3) is 0 Å². The summed E-state index contributed by atoms with van der Waals surface area (Å²) >= 11 is 0. The lowest BCUT2D eigenvalue weighted by atomic mass is 10.1. The van der Waals surface area contributed by atoms with Crippen molar-refractivity contribution in [2.24, 2.45) is 0 Å². The normalized spacial score (nSPS) is 19.6. The van der Waals surface area contributed by atoms with Crippen molar-refractivity contribution in [3.63, 3.8) is 0 Å². The first kappa shape index (κ1) is 10.6. The highest BCUT2D eigenvalue weighted by Crippen LogP contribution is 2.21. The molecule has 0 aliphatic carbocycles. The van der Waals surface area contributed by atoms with Gasteiger partial charge in [-0.1, -0.05) is 30.3 Å². The predicted octanol–water partition coefficient (Wildman–Crippen LogP) is 2.97. The molecule has 2 aromatic rings. The van der Waals surface area contributed by atoms with Crippen LogP contribution in [0.5, 0.6) is 5.75 Å². The third kappa shape index (κ3) is 2.42. The fourth-order valence-electron chi connectivity index (χ4n) is 2.35. The standard InChI is InChI=1S/C15H17NO/c1-2-5-13-10-15(8-7-12(13)4-1)17-11-14-6-3-9-16-14/h1-2,4-5,7-8,10,14,16H,3,6,9,11H2/t14-/m1/s1. The van der Waals surface area contributed by atoms with Gasteiger partial charge in [-0.05, 0) is 42.3 Å². The van der Waals surface area contributed by atoms with Crippen LogP contribution >= 0.6 is 0 Å². The lowest BCUT2D eigenvalue weighted by molar-refractivity contribution is 0.277. The van der Waals surface area contributed by atoms with E-state index in [4.69, 9.17) is 4.74 Å². The first-order valence-electron chi connectivity index (χ1n) is 6.27. The molecule has 0 radical (unpaired) electrons. The van der Waals surface area contributed by atoms with Crippen molar-refractivity contribution < 1.29 is 4.74 Å². The molecular formula is C15H17NO. The molecule has 88 valence electrons. The quantitative estimate of drug-likeness (QED) is 0.870. The summed E-state index contributed by atoms with van der Waals surface area (Å²) in [4.78, 5) is 0. The monoisotopic (exact) mass is 227 g/mol. The number of hydrogen-bond acceptors (Lipinski definition) is 2. The van der Waals surface area contributed by atoms with Gasteiger partial charge in [0.05, 0.1) is 0 Å². The Bertz CT molecular complexity index is 503. The zero-order chi connectivity index (χ0) is 11.5. The van der Waals surface area contributed by atoms with Crippen LogP contribution in [0.25, 0.3) is 10.8 Å². The number of nitrogens with one attached hydrogen (secondary N) is 1. The number of hydrogen-bond donors (Lipinski definition) is 1. The zero-order valence-corrected chi connectivity index (χ0v) is 9.86. The molecule has 1 atom stereocenters. The summed E-state index contributed by atoms with van der Waals surface area (Å²) in [6.45, 7) is 1.91. The summed E-state index contributed by atoms with van der Waals surface area (Å²) in [5, 5.41) is 5.94. The lowest BCUT2D eigenvalue weighted by Crippen LogP contribution is -2.28. The molecule has 2 heteroatoms. The van der Waals surface area contributed by atoms with Crippen molar-refractivity contribution in [1.29, 1.82) is 0 Å². The summed E-state index contributed by atoms with van der Waals surface area (Å²) in [5.74, 6) is 0.970. The Balaban J connectivity index is 1.72. The number of rotatable bonds is 3. The maximum absolute atomic E-state index is 5.84. The van der Waals surface area contributed by atoms with Gasteiger partial charge in [-0.15, -0.1) is 0 Å². The van der Waals surface area contributed by atoms with Gasteiger partial charge in [-0.3, -0.25) is 0 Å². The Hall–Kier alpha value is -1.54. The highest BCUT2D eigenvalue weighted by molar-refractivity contribution is 5.83. The van der Waals surface area contributed by atoms with Crippen molar-refractivity contribution in [3.05, 3.63) is 42.5 Å². The van der Waals surface area contributed by atoms with Gasteiger partial charge < -0.3 is 10.1 Å². The van der Waals surface area contributed by atoms with E-state index < -0.39 is 0 Å². The van der Waals surface area contributed by atoms with Crippen LogP contribution in [0.4, 0.5) is 0 Å². The molecule has 0 saturated carbocycles. The first-order valence-corrected chi connectivity index (χ1v) is 6.27. The Morgan fingerprint density at radius 2 is 2.00 bits per heavy atom. The molecule has 1 fully saturated rings. The fraction of sp³-hybridized carbons (Fsp3) is 0.333. The van der Waals surface area contributed by atoms with Crippen molar-refractivity contribution in [3.8, 4) is 5.75 Å². The largest absolute Gasteiger partial charge is 0.492 e. The summed E-state index contributed by atoms with van der Waals surface area (Å²) < 4.78 is 5.84. The molecule has 0 amide bonds. The van der Waals surface area contributed by atoms with Crippen molar-refractivity contribution in [2.45, 2.75) is 18.9 Å².